The Balaban J connectivity index is 1.79. The second-order valence-corrected chi connectivity index (χ2v) is 11.4. The van der Waals surface area contributed by atoms with E-state index in [1.807, 2.05) is 18.3 Å². The lowest BCUT2D eigenvalue weighted by Gasteiger charge is -2.36. The molecule has 28 heavy (non-hydrogen) atoms. The van der Waals surface area contributed by atoms with Crippen molar-refractivity contribution in [2.24, 2.45) is 5.92 Å². The van der Waals surface area contributed by atoms with Crippen molar-refractivity contribution in [2.75, 3.05) is 19.3 Å². The van der Waals surface area contributed by atoms with Crippen LogP contribution in [0.4, 0.5) is 0 Å². The summed E-state index contributed by atoms with van der Waals surface area (Å²) in [7, 11) is -3.16. The highest BCUT2D eigenvalue weighted by Gasteiger charge is 2.36. The molecule has 0 spiro atoms. The third-order valence-electron chi connectivity index (χ3n) is 5.86. The summed E-state index contributed by atoms with van der Waals surface area (Å²) in [5.41, 5.74) is 4.55. The third kappa shape index (κ3) is 3.99. The summed E-state index contributed by atoms with van der Waals surface area (Å²) in [5.74, 6) is 0.327. The number of halogens is 3. The minimum absolute atomic E-state index is 0.0482. The van der Waals surface area contributed by atoms with Gasteiger partial charge in [-0.25, -0.2) is 12.7 Å². The van der Waals surface area contributed by atoms with Crippen LogP contribution in [-0.4, -0.2) is 37.1 Å². The van der Waals surface area contributed by atoms with Gasteiger partial charge >= 0.3 is 0 Å². The van der Waals surface area contributed by atoms with E-state index in [1.54, 1.807) is 4.31 Å². The summed E-state index contributed by atoms with van der Waals surface area (Å²) in [6.45, 7) is 1.07. The number of aryl methyl sites for hydroxylation is 2. The van der Waals surface area contributed by atoms with Crippen molar-refractivity contribution in [3.8, 4) is 0 Å². The summed E-state index contributed by atoms with van der Waals surface area (Å²) < 4.78 is 26.4. The van der Waals surface area contributed by atoms with Crippen molar-refractivity contribution in [3.05, 3.63) is 61.3 Å². The van der Waals surface area contributed by atoms with Crippen LogP contribution in [0.25, 0.3) is 0 Å². The summed E-state index contributed by atoms with van der Waals surface area (Å²) in [5, 5.41) is 1.32. The first-order chi connectivity index (χ1) is 13.2. The van der Waals surface area contributed by atoms with E-state index in [0.717, 1.165) is 41.4 Å². The lowest BCUT2D eigenvalue weighted by Crippen LogP contribution is -2.39. The van der Waals surface area contributed by atoms with E-state index in [0.29, 0.717) is 23.1 Å². The molecule has 2 heterocycles. The SMILES string of the molecule is CS(=O)(=O)N1CCC(C2c3ncc(Br)cc3CCc3cc(Cl)cc(Cl)c32)CC1. The summed E-state index contributed by atoms with van der Waals surface area (Å²) in [6.07, 6.45) is 6.43. The Morgan fingerprint density at radius 1 is 1.11 bits per heavy atom. The van der Waals surface area contributed by atoms with Gasteiger partial charge < -0.3 is 0 Å². The molecule has 1 aromatic carbocycles. The van der Waals surface area contributed by atoms with E-state index < -0.39 is 10.0 Å². The molecule has 4 nitrogen and oxygen atoms in total. The molecule has 0 saturated carbocycles. The maximum Gasteiger partial charge on any atom is 0.211 e. The molecule has 1 atom stereocenters. The molecule has 8 heteroatoms. The first kappa shape index (κ1) is 20.6. The molecule has 1 aromatic heterocycles. The fraction of sp³-hybridized carbons (Fsp3) is 0.450. The van der Waals surface area contributed by atoms with Crippen LogP contribution in [0.5, 0.6) is 0 Å². The van der Waals surface area contributed by atoms with Gasteiger partial charge in [0.1, 0.15) is 0 Å². The minimum Gasteiger partial charge on any atom is -0.259 e. The number of hydrogen-bond acceptors (Lipinski definition) is 3. The Hall–Kier alpha value is -0.660. The van der Waals surface area contributed by atoms with Gasteiger partial charge in [0.25, 0.3) is 0 Å². The first-order valence-electron chi connectivity index (χ1n) is 9.31. The molecule has 0 amide bonds. The maximum absolute atomic E-state index is 11.9. The quantitative estimate of drug-likeness (QED) is 0.575. The number of benzene rings is 1. The molecule has 0 radical (unpaired) electrons. The van der Waals surface area contributed by atoms with Crippen LogP contribution in [0.2, 0.25) is 10.0 Å². The molecule has 1 aliphatic carbocycles. The predicted octanol–water partition coefficient (Wildman–Crippen LogP) is 5.05. The van der Waals surface area contributed by atoms with Crippen molar-refractivity contribution in [1.82, 2.24) is 9.29 Å². The van der Waals surface area contributed by atoms with Gasteiger partial charge in [-0.15, -0.1) is 0 Å². The number of nitrogens with zero attached hydrogens (tertiary/aromatic N) is 2. The van der Waals surface area contributed by atoms with Crippen molar-refractivity contribution >= 4 is 49.2 Å². The zero-order chi connectivity index (χ0) is 20.1. The van der Waals surface area contributed by atoms with Crippen LogP contribution in [0.3, 0.4) is 0 Å². The molecule has 150 valence electrons. The zero-order valence-electron chi connectivity index (χ0n) is 15.5. The Kier molecular flexibility index (Phi) is 5.80. The largest absolute Gasteiger partial charge is 0.259 e. The number of sulfonamides is 1. The van der Waals surface area contributed by atoms with Crippen LogP contribution < -0.4 is 0 Å². The van der Waals surface area contributed by atoms with E-state index in [-0.39, 0.29) is 11.8 Å². The monoisotopic (exact) mass is 502 g/mol. The fourth-order valence-electron chi connectivity index (χ4n) is 4.57. The molecule has 1 aliphatic heterocycles. The fourth-order valence-corrected chi connectivity index (χ4v) is 6.48. The third-order valence-corrected chi connectivity index (χ3v) is 8.12. The van der Waals surface area contributed by atoms with Crippen LogP contribution in [0, 0.1) is 5.92 Å². The highest BCUT2D eigenvalue weighted by atomic mass is 79.9. The van der Waals surface area contributed by atoms with Gasteiger partial charge in [0.2, 0.25) is 10.0 Å². The van der Waals surface area contributed by atoms with Crippen LogP contribution in [-0.2, 0) is 22.9 Å². The first-order valence-corrected chi connectivity index (χ1v) is 12.7. The Morgan fingerprint density at radius 2 is 1.79 bits per heavy atom. The molecular formula is C20H21BrCl2N2O2S. The van der Waals surface area contributed by atoms with Gasteiger partial charge in [-0.1, -0.05) is 23.2 Å². The van der Waals surface area contributed by atoms with E-state index >= 15 is 0 Å². The molecule has 2 aromatic rings. The molecule has 1 unspecified atom stereocenters. The molecule has 1 saturated heterocycles. The lowest BCUT2D eigenvalue weighted by molar-refractivity contribution is 0.256. The van der Waals surface area contributed by atoms with Crippen molar-refractivity contribution < 1.29 is 8.42 Å². The second-order valence-electron chi connectivity index (χ2n) is 7.64. The molecule has 1 fully saturated rings. The summed E-state index contributed by atoms with van der Waals surface area (Å²) >= 11 is 16.5. The number of fused-ring (bicyclic) bond motifs is 2. The molecule has 0 N–H and O–H groups in total. The maximum atomic E-state index is 11.9. The normalized spacial score (nSPS) is 21.1. The van der Waals surface area contributed by atoms with Gasteiger partial charge in [-0.2, -0.15) is 0 Å². The highest BCUT2D eigenvalue weighted by molar-refractivity contribution is 9.10. The standard InChI is InChI=1S/C20H21BrCl2N2O2S/c1-28(26,27)25-6-4-12(5-7-25)19-18-13(9-16(22)10-17(18)23)2-3-14-8-15(21)11-24-20(14)19/h8-12,19H,2-7H2,1H3. The Bertz CT molecular complexity index is 1020. The molecule has 0 bridgehead atoms. The van der Waals surface area contributed by atoms with E-state index in [9.17, 15) is 8.42 Å². The van der Waals surface area contributed by atoms with Crippen molar-refractivity contribution in [1.29, 1.82) is 0 Å². The van der Waals surface area contributed by atoms with Gasteiger partial charge in [0.05, 0.1) is 11.9 Å². The van der Waals surface area contributed by atoms with Gasteiger partial charge in [0, 0.05) is 39.7 Å². The summed E-state index contributed by atoms with van der Waals surface area (Å²) in [4.78, 5) is 4.80. The average molecular weight is 504 g/mol. The van der Waals surface area contributed by atoms with E-state index in [1.165, 1.54) is 17.4 Å². The van der Waals surface area contributed by atoms with Gasteiger partial charge in [-0.3, -0.25) is 4.98 Å². The Labute approximate surface area is 184 Å². The number of aromatic nitrogens is 1. The predicted molar refractivity (Wildman–Crippen MR) is 117 cm³/mol. The van der Waals surface area contributed by atoms with Crippen molar-refractivity contribution in [2.45, 2.75) is 31.6 Å². The average Bonchev–Trinajstić information content (AvgIpc) is 2.78. The second kappa shape index (κ2) is 7.88. The smallest absolute Gasteiger partial charge is 0.211 e. The number of rotatable bonds is 2. The number of hydrogen-bond donors (Lipinski definition) is 0. The number of pyridine rings is 1. The molecule has 2 aliphatic rings. The minimum atomic E-state index is -3.16. The lowest BCUT2D eigenvalue weighted by atomic mass is 9.77. The van der Waals surface area contributed by atoms with Crippen molar-refractivity contribution in [3.63, 3.8) is 0 Å². The van der Waals surface area contributed by atoms with Crippen LogP contribution in [0.1, 0.15) is 41.1 Å². The zero-order valence-corrected chi connectivity index (χ0v) is 19.4. The number of piperidine rings is 1. The highest BCUT2D eigenvalue weighted by Crippen LogP contribution is 2.46. The van der Waals surface area contributed by atoms with Crippen LogP contribution >= 0.6 is 39.1 Å². The Morgan fingerprint density at radius 3 is 2.46 bits per heavy atom. The molecule has 4 rings (SSSR count). The topological polar surface area (TPSA) is 50.3 Å². The summed E-state index contributed by atoms with van der Waals surface area (Å²) in [6, 6.07) is 5.97. The van der Waals surface area contributed by atoms with Gasteiger partial charge in [-0.05, 0) is 82.4 Å². The molecular weight excluding hydrogens is 483 g/mol. The van der Waals surface area contributed by atoms with E-state index in [2.05, 4.69) is 22.0 Å². The van der Waals surface area contributed by atoms with Crippen LogP contribution in [0.15, 0.2) is 28.9 Å². The van der Waals surface area contributed by atoms with E-state index in [4.69, 9.17) is 28.2 Å². The van der Waals surface area contributed by atoms with Gasteiger partial charge in [0.15, 0.2) is 0 Å².